The molecule has 148 valence electrons. The van der Waals surface area contributed by atoms with Crippen molar-refractivity contribution in [3.8, 4) is 0 Å². The number of hydrogen-bond donors (Lipinski definition) is 1. The second-order valence-corrected chi connectivity index (χ2v) is 8.23. The summed E-state index contributed by atoms with van der Waals surface area (Å²) in [5.74, 6) is -0.262. The van der Waals surface area contributed by atoms with E-state index in [4.69, 9.17) is 20.9 Å². The van der Waals surface area contributed by atoms with E-state index in [1.807, 2.05) is 24.3 Å². The highest BCUT2D eigenvalue weighted by Crippen LogP contribution is 2.33. The number of esters is 1. The standard InChI is InChI=1S/C16H16ClNO2S.CH4O4S/c1-20-16(19)15(12-4-2-3-5-13(12)17)18-8-6-14-11(10-18)7-9-21-14;1-5-6(2,3)4/h2-5,7,9,15H,6,8,10H2,1H3;1H3,(H,2,3,4)/t15-;/m0./s1. The molecule has 1 N–H and O–H groups in total. The average Bonchev–Trinajstić information content (AvgIpc) is 3.11. The maximum absolute atomic E-state index is 12.3. The fraction of sp³-hybridized carbons (Fsp3) is 0.353. The fourth-order valence-electron chi connectivity index (χ4n) is 2.77. The van der Waals surface area contributed by atoms with E-state index in [1.54, 1.807) is 11.3 Å². The highest BCUT2D eigenvalue weighted by Gasteiger charge is 2.32. The molecule has 1 atom stereocenters. The van der Waals surface area contributed by atoms with Gasteiger partial charge in [-0.1, -0.05) is 29.8 Å². The molecule has 0 saturated heterocycles. The van der Waals surface area contributed by atoms with Crippen LogP contribution in [0.1, 0.15) is 22.0 Å². The highest BCUT2D eigenvalue weighted by atomic mass is 35.5. The molecule has 2 aromatic rings. The summed E-state index contributed by atoms with van der Waals surface area (Å²) in [6.45, 7) is 1.59. The molecule has 1 aromatic carbocycles. The lowest BCUT2D eigenvalue weighted by molar-refractivity contribution is -0.147. The molecule has 0 amide bonds. The lowest BCUT2D eigenvalue weighted by Gasteiger charge is -2.33. The maximum atomic E-state index is 12.3. The predicted molar refractivity (Wildman–Crippen MR) is 103 cm³/mol. The summed E-state index contributed by atoms with van der Waals surface area (Å²) in [6, 6.07) is 9.16. The van der Waals surface area contributed by atoms with E-state index in [2.05, 4.69) is 20.5 Å². The first-order valence-electron chi connectivity index (χ1n) is 7.91. The third-order valence-corrected chi connectivity index (χ3v) is 5.83. The van der Waals surface area contributed by atoms with E-state index < -0.39 is 16.4 Å². The van der Waals surface area contributed by atoms with Crippen molar-refractivity contribution in [2.45, 2.75) is 19.0 Å². The van der Waals surface area contributed by atoms with Crippen LogP contribution < -0.4 is 0 Å². The molecule has 3 rings (SSSR count). The highest BCUT2D eigenvalue weighted by molar-refractivity contribution is 7.80. The molecule has 2 heterocycles. The lowest BCUT2D eigenvalue weighted by Crippen LogP contribution is -2.38. The van der Waals surface area contributed by atoms with Gasteiger partial charge in [-0.25, -0.2) is 4.79 Å². The van der Waals surface area contributed by atoms with Crippen molar-refractivity contribution in [2.24, 2.45) is 0 Å². The number of ether oxygens (including phenoxy) is 1. The number of nitrogens with zero attached hydrogens (tertiary/aromatic N) is 1. The second kappa shape index (κ2) is 9.63. The summed E-state index contributed by atoms with van der Waals surface area (Å²) in [6.07, 6.45) is 0.963. The molecule has 7 nitrogen and oxygen atoms in total. The Bertz CT molecular complexity index is 883. The van der Waals surface area contributed by atoms with Gasteiger partial charge in [0.15, 0.2) is 0 Å². The van der Waals surface area contributed by atoms with Gasteiger partial charge in [-0.05, 0) is 35.1 Å². The summed E-state index contributed by atoms with van der Waals surface area (Å²) < 4.78 is 34.7. The monoisotopic (exact) mass is 433 g/mol. The normalized spacial score (nSPS) is 15.3. The number of thiophene rings is 1. The van der Waals surface area contributed by atoms with E-state index in [1.165, 1.54) is 17.6 Å². The zero-order valence-corrected chi connectivity index (χ0v) is 17.2. The van der Waals surface area contributed by atoms with Gasteiger partial charge < -0.3 is 4.74 Å². The molecule has 1 aliphatic rings. The van der Waals surface area contributed by atoms with Gasteiger partial charge >= 0.3 is 16.4 Å². The number of methoxy groups -OCH3 is 1. The topological polar surface area (TPSA) is 93.1 Å². The molecule has 0 fully saturated rings. The minimum Gasteiger partial charge on any atom is -0.468 e. The summed E-state index contributed by atoms with van der Waals surface area (Å²) in [7, 11) is -1.87. The van der Waals surface area contributed by atoms with E-state index in [9.17, 15) is 13.2 Å². The van der Waals surface area contributed by atoms with E-state index in [0.29, 0.717) is 5.02 Å². The zero-order valence-electron chi connectivity index (χ0n) is 14.8. The van der Waals surface area contributed by atoms with Crippen LogP contribution in [0.2, 0.25) is 5.02 Å². The summed E-state index contributed by atoms with van der Waals surface area (Å²) in [4.78, 5) is 15.8. The lowest BCUT2D eigenvalue weighted by atomic mass is 10.0. The number of carbonyl (C=O) groups is 1. The average molecular weight is 434 g/mol. The molecule has 0 aliphatic carbocycles. The van der Waals surface area contributed by atoms with Gasteiger partial charge in [-0.3, -0.25) is 13.6 Å². The largest absolute Gasteiger partial charge is 0.468 e. The van der Waals surface area contributed by atoms with Crippen molar-refractivity contribution in [1.29, 1.82) is 0 Å². The van der Waals surface area contributed by atoms with Gasteiger partial charge in [-0.2, -0.15) is 8.42 Å². The minimum absolute atomic E-state index is 0.262. The van der Waals surface area contributed by atoms with Crippen LogP contribution in [0.5, 0.6) is 0 Å². The molecule has 1 aliphatic heterocycles. The summed E-state index contributed by atoms with van der Waals surface area (Å²) in [5, 5.41) is 2.71. The first kappa shape index (κ1) is 21.8. The van der Waals surface area contributed by atoms with Crippen LogP contribution >= 0.6 is 22.9 Å². The summed E-state index contributed by atoms with van der Waals surface area (Å²) >= 11 is 8.07. The molecular formula is C17H20ClNO6S2. The maximum Gasteiger partial charge on any atom is 0.397 e. The van der Waals surface area contributed by atoms with Gasteiger partial charge in [0.1, 0.15) is 6.04 Å². The Morgan fingerprint density at radius 3 is 2.56 bits per heavy atom. The zero-order chi connectivity index (χ0) is 20.0. The quantitative estimate of drug-likeness (QED) is 0.584. The predicted octanol–water partition coefficient (Wildman–Crippen LogP) is 3.11. The van der Waals surface area contributed by atoms with Crippen molar-refractivity contribution < 1.29 is 26.7 Å². The fourth-order valence-corrected chi connectivity index (χ4v) is 3.90. The van der Waals surface area contributed by atoms with Crippen LogP contribution in [-0.4, -0.2) is 44.6 Å². The van der Waals surface area contributed by atoms with E-state index in [-0.39, 0.29) is 5.97 Å². The van der Waals surface area contributed by atoms with Crippen LogP contribution in [0, 0.1) is 0 Å². The van der Waals surface area contributed by atoms with Gasteiger partial charge in [-0.15, -0.1) is 11.3 Å². The first-order chi connectivity index (χ1) is 12.8. The molecule has 0 radical (unpaired) electrons. The molecule has 0 bridgehead atoms. The van der Waals surface area contributed by atoms with Crippen LogP contribution in [0.25, 0.3) is 0 Å². The van der Waals surface area contributed by atoms with Crippen molar-refractivity contribution in [2.75, 3.05) is 20.8 Å². The number of carbonyl (C=O) groups excluding carboxylic acids is 1. The molecule has 27 heavy (non-hydrogen) atoms. The van der Waals surface area contributed by atoms with Crippen LogP contribution in [0.3, 0.4) is 0 Å². The number of benzene rings is 1. The number of rotatable bonds is 4. The number of fused-ring (bicyclic) bond motifs is 1. The Balaban J connectivity index is 0.000000380. The Kier molecular flexibility index (Phi) is 7.78. The van der Waals surface area contributed by atoms with Gasteiger partial charge in [0.05, 0.1) is 14.2 Å². The third kappa shape index (κ3) is 6.00. The van der Waals surface area contributed by atoms with Gasteiger partial charge in [0.2, 0.25) is 0 Å². The molecule has 10 heteroatoms. The number of hydrogen-bond acceptors (Lipinski definition) is 7. The SMILES string of the molecule is COC(=O)[C@H](c1ccccc1Cl)N1CCc2sccc2C1.COS(=O)(=O)O. The first-order valence-corrected chi connectivity index (χ1v) is 10.5. The molecule has 0 unspecified atom stereocenters. The molecule has 0 spiro atoms. The van der Waals surface area contributed by atoms with Crippen LogP contribution in [0.15, 0.2) is 35.7 Å². The molecule has 1 aromatic heterocycles. The Labute approximate surface area is 167 Å². The Morgan fingerprint density at radius 1 is 1.30 bits per heavy atom. The number of halogens is 1. The van der Waals surface area contributed by atoms with Gasteiger partial charge in [0, 0.05) is 23.0 Å². The van der Waals surface area contributed by atoms with E-state index in [0.717, 1.165) is 32.2 Å². The summed E-state index contributed by atoms with van der Waals surface area (Å²) in [5.41, 5.74) is 2.11. The molecule has 0 saturated carbocycles. The Hall–Kier alpha value is -1.49. The van der Waals surface area contributed by atoms with Crippen molar-refractivity contribution in [1.82, 2.24) is 4.90 Å². The van der Waals surface area contributed by atoms with Crippen LogP contribution in [-0.2, 0) is 37.1 Å². The van der Waals surface area contributed by atoms with Crippen LogP contribution in [0.4, 0.5) is 0 Å². The van der Waals surface area contributed by atoms with Crippen molar-refractivity contribution in [3.63, 3.8) is 0 Å². The minimum atomic E-state index is -4.16. The second-order valence-electron chi connectivity index (χ2n) is 5.63. The van der Waals surface area contributed by atoms with Crippen molar-refractivity contribution >= 4 is 39.3 Å². The third-order valence-electron chi connectivity index (χ3n) is 4.04. The van der Waals surface area contributed by atoms with Gasteiger partial charge in [0.25, 0.3) is 0 Å². The smallest absolute Gasteiger partial charge is 0.397 e. The Morgan fingerprint density at radius 2 is 1.96 bits per heavy atom. The molecular weight excluding hydrogens is 414 g/mol. The van der Waals surface area contributed by atoms with Crippen molar-refractivity contribution in [3.05, 3.63) is 56.7 Å². The van der Waals surface area contributed by atoms with E-state index >= 15 is 0 Å².